The quantitative estimate of drug-likeness (QED) is 0.525. The Morgan fingerprint density at radius 3 is 2.94 bits per heavy atom. The Balaban J connectivity index is 2.16. The van der Waals surface area contributed by atoms with Crippen LogP contribution in [0.25, 0.3) is 0 Å². The van der Waals surface area contributed by atoms with Gasteiger partial charge in [0.05, 0.1) is 0 Å². The summed E-state index contributed by atoms with van der Waals surface area (Å²) in [4.78, 5) is 11.5. The highest BCUT2D eigenvalue weighted by Crippen LogP contribution is 2.38. The van der Waals surface area contributed by atoms with Gasteiger partial charge in [0.15, 0.2) is 0 Å². The third kappa shape index (κ3) is 2.07. The molecule has 1 N–H and O–H groups in total. The van der Waals surface area contributed by atoms with E-state index in [0.29, 0.717) is 5.56 Å². The summed E-state index contributed by atoms with van der Waals surface area (Å²) in [6.45, 7) is 0. The van der Waals surface area contributed by atoms with Gasteiger partial charge in [0.25, 0.3) is 0 Å². The molecule has 0 spiro atoms. The van der Waals surface area contributed by atoms with Crippen molar-refractivity contribution in [2.45, 2.75) is 25.4 Å². The summed E-state index contributed by atoms with van der Waals surface area (Å²) >= 11 is 3.37. The first-order chi connectivity index (χ1) is 7.74. The molecule has 16 heavy (non-hydrogen) atoms. The van der Waals surface area contributed by atoms with E-state index in [9.17, 15) is 9.90 Å². The highest BCUT2D eigenvalue weighted by Gasteiger charge is 2.32. The van der Waals surface area contributed by atoms with Gasteiger partial charge in [0.2, 0.25) is 0 Å². The Hall–Kier alpha value is -1.03. The molecule has 1 heterocycles. The number of hydrogen-bond acceptors (Lipinski definition) is 3. The number of benzene rings is 1. The number of carbonyl (C=O) groups is 1. The number of rotatable bonds is 4. The van der Waals surface area contributed by atoms with Crippen molar-refractivity contribution in [3.63, 3.8) is 0 Å². The third-order valence-electron chi connectivity index (χ3n) is 2.72. The SMILES string of the molecule is O=C1OC(CCCCBr)c2cccc(O)c21. The van der Waals surface area contributed by atoms with Gasteiger partial charge in [0.1, 0.15) is 17.4 Å². The highest BCUT2D eigenvalue weighted by atomic mass is 79.9. The summed E-state index contributed by atoms with van der Waals surface area (Å²) in [5.74, 6) is -0.387. The fraction of sp³-hybridized carbons (Fsp3) is 0.417. The van der Waals surface area contributed by atoms with E-state index in [4.69, 9.17) is 4.74 Å². The Labute approximate surface area is 103 Å². The van der Waals surface area contributed by atoms with E-state index in [2.05, 4.69) is 15.9 Å². The van der Waals surface area contributed by atoms with E-state index in [-0.39, 0.29) is 11.9 Å². The van der Waals surface area contributed by atoms with E-state index >= 15 is 0 Å². The van der Waals surface area contributed by atoms with Crippen molar-refractivity contribution < 1.29 is 14.6 Å². The molecule has 0 aromatic heterocycles. The molecule has 0 fully saturated rings. The van der Waals surface area contributed by atoms with E-state index in [1.165, 1.54) is 6.07 Å². The van der Waals surface area contributed by atoms with Gasteiger partial charge < -0.3 is 9.84 Å². The van der Waals surface area contributed by atoms with Gasteiger partial charge in [-0.1, -0.05) is 28.1 Å². The molecule has 2 rings (SSSR count). The lowest BCUT2D eigenvalue weighted by Gasteiger charge is -2.09. The van der Waals surface area contributed by atoms with Crippen molar-refractivity contribution in [2.24, 2.45) is 0 Å². The van der Waals surface area contributed by atoms with Crippen LogP contribution in [0.1, 0.15) is 41.3 Å². The lowest BCUT2D eigenvalue weighted by Crippen LogP contribution is -1.98. The van der Waals surface area contributed by atoms with E-state index < -0.39 is 5.97 Å². The van der Waals surface area contributed by atoms with Gasteiger partial charge in [-0.15, -0.1) is 0 Å². The number of ether oxygens (including phenoxy) is 1. The van der Waals surface area contributed by atoms with Gasteiger partial charge >= 0.3 is 5.97 Å². The maximum Gasteiger partial charge on any atom is 0.342 e. The van der Waals surface area contributed by atoms with Gasteiger partial charge in [-0.25, -0.2) is 4.79 Å². The molecule has 1 atom stereocenters. The first kappa shape index (κ1) is 11.5. The molecular formula is C12H13BrO3. The number of phenols is 1. The summed E-state index contributed by atoms with van der Waals surface area (Å²) in [6.07, 6.45) is 2.68. The monoisotopic (exact) mass is 284 g/mol. The highest BCUT2D eigenvalue weighted by molar-refractivity contribution is 9.09. The Bertz CT molecular complexity index is 403. The van der Waals surface area contributed by atoms with Crippen molar-refractivity contribution in [2.75, 3.05) is 5.33 Å². The van der Waals surface area contributed by atoms with Crippen LogP contribution in [0, 0.1) is 0 Å². The minimum absolute atomic E-state index is 0.0190. The minimum atomic E-state index is -0.406. The Kier molecular flexibility index (Phi) is 3.49. The zero-order valence-corrected chi connectivity index (χ0v) is 10.4. The maximum atomic E-state index is 11.5. The number of hydrogen-bond donors (Lipinski definition) is 1. The third-order valence-corrected chi connectivity index (χ3v) is 3.29. The zero-order valence-electron chi connectivity index (χ0n) is 8.78. The smallest absolute Gasteiger partial charge is 0.342 e. The van der Waals surface area contributed by atoms with Crippen LogP contribution in [0.3, 0.4) is 0 Å². The maximum absolute atomic E-state index is 11.5. The van der Waals surface area contributed by atoms with Gasteiger partial charge in [-0.05, 0) is 25.3 Å². The second-order valence-electron chi connectivity index (χ2n) is 3.82. The predicted molar refractivity (Wildman–Crippen MR) is 63.9 cm³/mol. The first-order valence-electron chi connectivity index (χ1n) is 5.33. The van der Waals surface area contributed by atoms with Crippen molar-refractivity contribution in [1.29, 1.82) is 0 Å². The van der Waals surface area contributed by atoms with Gasteiger partial charge in [0, 0.05) is 10.9 Å². The number of unbranched alkanes of at least 4 members (excludes halogenated alkanes) is 1. The molecule has 1 aromatic carbocycles. The van der Waals surface area contributed by atoms with E-state index in [0.717, 1.165) is 30.2 Å². The van der Waals surface area contributed by atoms with Crippen molar-refractivity contribution >= 4 is 21.9 Å². The number of cyclic esters (lactones) is 1. The number of halogens is 1. The summed E-state index contributed by atoms with van der Waals surface area (Å²) in [5, 5.41) is 10.5. The summed E-state index contributed by atoms with van der Waals surface area (Å²) in [5.41, 5.74) is 1.16. The molecule has 1 aliphatic heterocycles. The van der Waals surface area contributed by atoms with Crippen LogP contribution in [-0.4, -0.2) is 16.4 Å². The molecule has 1 aromatic rings. The predicted octanol–water partition coefficient (Wildman–Crippen LogP) is 3.17. The van der Waals surface area contributed by atoms with Crippen LogP contribution < -0.4 is 0 Å². The van der Waals surface area contributed by atoms with Crippen molar-refractivity contribution in [3.05, 3.63) is 29.3 Å². The van der Waals surface area contributed by atoms with Crippen LogP contribution in [-0.2, 0) is 4.74 Å². The first-order valence-corrected chi connectivity index (χ1v) is 6.45. The van der Waals surface area contributed by atoms with E-state index in [1.54, 1.807) is 6.07 Å². The second-order valence-corrected chi connectivity index (χ2v) is 4.61. The lowest BCUT2D eigenvalue weighted by molar-refractivity contribution is 0.0363. The normalized spacial score (nSPS) is 18.3. The molecule has 1 unspecified atom stereocenters. The standard InChI is InChI=1S/C12H13BrO3/c13-7-2-1-6-10-8-4-3-5-9(14)11(8)12(15)16-10/h3-5,10,14H,1-2,6-7H2. The number of esters is 1. The summed E-state index contributed by atoms with van der Waals surface area (Å²) in [6, 6.07) is 5.10. The van der Waals surface area contributed by atoms with Crippen LogP contribution in [0.5, 0.6) is 5.75 Å². The molecule has 86 valence electrons. The van der Waals surface area contributed by atoms with Crippen LogP contribution >= 0.6 is 15.9 Å². The van der Waals surface area contributed by atoms with Crippen LogP contribution in [0.4, 0.5) is 0 Å². The molecule has 1 aliphatic rings. The summed E-state index contributed by atoms with van der Waals surface area (Å²) < 4.78 is 5.24. The fourth-order valence-electron chi connectivity index (χ4n) is 1.94. The topological polar surface area (TPSA) is 46.5 Å². The van der Waals surface area contributed by atoms with Gasteiger partial charge in [-0.2, -0.15) is 0 Å². The van der Waals surface area contributed by atoms with Crippen molar-refractivity contribution in [1.82, 2.24) is 0 Å². The Morgan fingerprint density at radius 1 is 1.38 bits per heavy atom. The molecule has 0 aliphatic carbocycles. The number of carbonyl (C=O) groups excluding carboxylic acids is 1. The zero-order chi connectivity index (χ0) is 11.5. The van der Waals surface area contributed by atoms with Crippen molar-refractivity contribution in [3.8, 4) is 5.75 Å². The Morgan fingerprint density at radius 2 is 2.19 bits per heavy atom. The van der Waals surface area contributed by atoms with E-state index in [1.807, 2.05) is 6.07 Å². The molecule has 0 radical (unpaired) electrons. The lowest BCUT2D eigenvalue weighted by atomic mass is 10.0. The van der Waals surface area contributed by atoms with Crippen LogP contribution in [0.2, 0.25) is 0 Å². The largest absolute Gasteiger partial charge is 0.507 e. The summed E-state index contributed by atoms with van der Waals surface area (Å²) in [7, 11) is 0. The van der Waals surface area contributed by atoms with Crippen LogP contribution in [0.15, 0.2) is 18.2 Å². The average Bonchev–Trinajstić information content (AvgIpc) is 2.58. The number of phenolic OH excluding ortho intramolecular Hbond substituents is 1. The molecule has 4 heteroatoms. The average molecular weight is 285 g/mol. The molecule has 0 amide bonds. The second kappa shape index (κ2) is 4.87. The van der Waals surface area contributed by atoms with Gasteiger partial charge in [-0.3, -0.25) is 0 Å². The number of alkyl halides is 1. The minimum Gasteiger partial charge on any atom is -0.507 e. The molecular weight excluding hydrogens is 272 g/mol. The number of fused-ring (bicyclic) bond motifs is 1. The fourth-order valence-corrected chi connectivity index (χ4v) is 2.33. The molecule has 0 saturated carbocycles. The molecule has 0 saturated heterocycles. The number of aromatic hydroxyl groups is 1. The molecule has 3 nitrogen and oxygen atoms in total. The molecule has 0 bridgehead atoms.